The molecule has 3 fully saturated rings. The maximum Gasteiger partial charge on any atom is 0.178 e. The van der Waals surface area contributed by atoms with Crippen molar-refractivity contribution < 1.29 is 4.79 Å². The molecule has 0 radical (unpaired) electrons. The van der Waals surface area contributed by atoms with Crippen molar-refractivity contribution in [3.8, 4) is 0 Å². The summed E-state index contributed by atoms with van der Waals surface area (Å²) in [5, 5.41) is 0. The summed E-state index contributed by atoms with van der Waals surface area (Å²) >= 11 is 0. The summed E-state index contributed by atoms with van der Waals surface area (Å²) in [4.78, 5) is 11.8. The second-order valence-electron chi connectivity index (χ2n) is 9.48. The number of hydrogen-bond acceptors (Lipinski definition) is 1. The zero-order valence-electron chi connectivity index (χ0n) is 14.6. The van der Waals surface area contributed by atoms with Gasteiger partial charge in [-0.3, -0.25) is 4.79 Å². The van der Waals surface area contributed by atoms with Gasteiger partial charge in [-0.15, -0.1) is 0 Å². The van der Waals surface area contributed by atoms with Crippen LogP contribution < -0.4 is 0 Å². The largest absolute Gasteiger partial charge is 0.290 e. The fraction of sp³-hybridized carbons (Fsp3) is 0.762. The molecule has 0 aromatic rings. The van der Waals surface area contributed by atoms with Crippen LogP contribution in [0.2, 0.25) is 0 Å². The third-order valence-electron chi connectivity index (χ3n) is 8.57. The Morgan fingerprint density at radius 3 is 2.50 bits per heavy atom. The van der Waals surface area contributed by atoms with Crippen molar-refractivity contribution in [2.24, 2.45) is 34.0 Å². The van der Waals surface area contributed by atoms with Crippen molar-refractivity contribution >= 4 is 5.78 Å². The van der Waals surface area contributed by atoms with E-state index in [2.05, 4.69) is 33.8 Å². The van der Waals surface area contributed by atoms with Gasteiger partial charge in [-0.2, -0.15) is 0 Å². The summed E-state index contributed by atoms with van der Waals surface area (Å²) in [7, 11) is 0. The van der Waals surface area contributed by atoms with E-state index in [0.29, 0.717) is 10.8 Å². The molecule has 3 saturated carbocycles. The average Bonchev–Trinajstić information content (AvgIpc) is 2.70. The summed E-state index contributed by atoms with van der Waals surface area (Å²) in [6.07, 6.45) is 14.0. The quantitative estimate of drug-likeness (QED) is 0.591. The second-order valence-corrected chi connectivity index (χ2v) is 9.48. The minimum Gasteiger partial charge on any atom is -0.290 e. The second kappa shape index (κ2) is 4.36. The van der Waals surface area contributed by atoms with Crippen LogP contribution in [-0.2, 0) is 4.79 Å². The van der Waals surface area contributed by atoms with Crippen LogP contribution in [0.4, 0.5) is 0 Å². The molecule has 5 unspecified atom stereocenters. The van der Waals surface area contributed by atoms with Gasteiger partial charge in [0.1, 0.15) is 0 Å². The lowest BCUT2D eigenvalue weighted by molar-refractivity contribution is -0.111. The first-order valence-electron chi connectivity index (χ1n) is 9.22. The fourth-order valence-corrected chi connectivity index (χ4v) is 6.69. The molecule has 1 nitrogen and oxygen atoms in total. The van der Waals surface area contributed by atoms with Crippen molar-refractivity contribution in [1.82, 2.24) is 0 Å². The van der Waals surface area contributed by atoms with Crippen LogP contribution in [0.15, 0.2) is 23.8 Å². The Morgan fingerprint density at radius 1 is 1.00 bits per heavy atom. The molecule has 0 saturated heterocycles. The van der Waals surface area contributed by atoms with E-state index in [1.807, 2.05) is 12.2 Å². The Kier molecular flexibility index (Phi) is 2.92. The van der Waals surface area contributed by atoms with E-state index in [1.54, 1.807) is 0 Å². The third-order valence-corrected chi connectivity index (χ3v) is 8.57. The summed E-state index contributed by atoms with van der Waals surface area (Å²) in [5.41, 5.74) is 2.60. The summed E-state index contributed by atoms with van der Waals surface area (Å²) in [5.74, 6) is 2.71. The van der Waals surface area contributed by atoms with Crippen LogP contribution in [0.25, 0.3) is 0 Å². The molecule has 120 valence electrons. The molecule has 0 aromatic heterocycles. The molecule has 0 amide bonds. The summed E-state index contributed by atoms with van der Waals surface area (Å²) in [6.45, 7) is 9.99. The predicted octanol–water partition coefficient (Wildman–Crippen LogP) is 5.32. The lowest BCUT2D eigenvalue weighted by atomic mass is 9.46. The minimum atomic E-state index is 0.158. The fourth-order valence-electron chi connectivity index (χ4n) is 6.69. The number of carbonyl (C=O) groups is 1. The SMILES string of the molecule is CC12C=CC(=O)C=C1CCC1C2CCC2(C)C1CCC2(C)C. The number of carbonyl (C=O) groups excluding carboxylic acids is 1. The maximum atomic E-state index is 11.8. The topological polar surface area (TPSA) is 17.1 Å². The lowest BCUT2D eigenvalue weighted by Gasteiger charge is -2.58. The van der Waals surface area contributed by atoms with Crippen LogP contribution >= 0.6 is 0 Å². The van der Waals surface area contributed by atoms with Crippen LogP contribution in [0.5, 0.6) is 0 Å². The van der Waals surface area contributed by atoms with Gasteiger partial charge in [0.05, 0.1) is 0 Å². The Bertz CT molecular complexity index is 581. The molecule has 4 rings (SSSR count). The monoisotopic (exact) mass is 298 g/mol. The highest BCUT2D eigenvalue weighted by atomic mass is 16.1. The molecule has 1 heteroatoms. The predicted molar refractivity (Wildman–Crippen MR) is 90.4 cm³/mol. The molecule has 22 heavy (non-hydrogen) atoms. The van der Waals surface area contributed by atoms with Gasteiger partial charge in [0, 0.05) is 5.41 Å². The van der Waals surface area contributed by atoms with Gasteiger partial charge in [-0.25, -0.2) is 0 Å². The van der Waals surface area contributed by atoms with Crippen LogP contribution in [-0.4, -0.2) is 5.78 Å². The van der Waals surface area contributed by atoms with Crippen molar-refractivity contribution in [3.63, 3.8) is 0 Å². The van der Waals surface area contributed by atoms with Crippen LogP contribution in [0, 0.1) is 34.0 Å². The van der Waals surface area contributed by atoms with E-state index in [-0.39, 0.29) is 11.2 Å². The van der Waals surface area contributed by atoms with Gasteiger partial charge in [0.25, 0.3) is 0 Å². The maximum absolute atomic E-state index is 11.8. The molecule has 0 spiro atoms. The summed E-state index contributed by atoms with van der Waals surface area (Å²) < 4.78 is 0. The van der Waals surface area contributed by atoms with Crippen molar-refractivity contribution in [3.05, 3.63) is 23.8 Å². The Morgan fingerprint density at radius 2 is 1.73 bits per heavy atom. The van der Waals surface area contributed by atoms with E-state index >= 15 is 0 Å². The average molecular weight is 298 g/mol. The first kappa shape index (κ1) is 14.7. The van der Waals surface area contributed by atoms with Crippen molar-refractivity contribution in [1.29, 1.82) is 0 Å². The zero-order valence-corrected chi connectivity index (χ0v) is 14.6. The molecule has 0 bridgehead atoms. The first-order valence-corrected chi connectivity index (χ1v) is 9.22. The van der Waals surface area contributed by atoms with Gasteiger partial charge in [-0.05, 0) is 79.3 Å². The van der Waals surface area contributed by atoms with Gasteiger partial charge in [0.15, 0.2) is 5.78 Å². The highest BCUT2D eigenvalue weighted by molar-refractivity contribution is 6.01. The molecule has 0 aromatic carbocycles. The highest BCUT2D eigenvalue weighted by Gasteiger charge is 2.60. The van der Waals surface area contributed by atoms with E-state index in [1.165, 1.54) is 37.7 Å². The van der Waals surface area contributed by atoms with Gasteiger partial charge < -0.3 is 0 Å². The number of allylic oxidation sites excluding steroid dienone is 4. The van der Waals surface area contributed by atoms with Crippen molar-refractivity contribution in [2.45, 2.75) is 66.2 Å². The van der Waals surface area contributed by atoms with Crippen LogP contribution in [0.1, 0.15) is 66.2 Å². The molecular formula is C21H30O. The number of fused-ring (bicyclic) bond motifs is 5. The molecule has 4 aliphatic rings. The summed E-state index contributed by atoms with van der Waals surface area (Å²) in [6, 6.07) is 0. The highest BCUT2D eigenvalue weighted by Crippen LogP contribution is 2.69. The molecule has 0 heterocycles. The molecule has 0 N–H and O–H groups in total. The Hall–Kier alpha value is -0.850. The van der Waals surface area contributed by atoms with Crippen LogP contribution in [0.3, 0.4) is 0 Å². The Labute approximate surface area is 135 Å². The molecule has 0 aliphatic heterocycles. The molecule has 5 atom stereocenters. The van der Waals surface area contributed by atoms with Gasteiger partial charge >= 0.3 is 0 Å². The van der Waals surface area contributed by atoms with Crippen molar-refractivity contribution in [2.75, 3.05) is 0 Å². The normalized spacial score (nSPS) is 49.2. The van der Waals surface area contributed by atoms with E-state index in [0.717, 1.165) is 24.2 Å². The van der Waals surface area contributed by atoms with Gasteiger partial charge in [-0.1, -0.05) is 39.3 Å². The lowest BCUT2D eigenvalue weighted by Crippen LogP contribution is -2.50. The molecular weight excluding hydrogens is 268 g/mol. The smallest absolute Gasteiger partial charge is 0.178 e. The van der Waals surface area contributed by atoms with E-state index in [4.69, 9.17) is 0 Å². The Balaban J connectivity index is 1.71. The number of rotatable bonds is 0. The minimum absolute atomic E-state index is 0.158. The molecule has 4 aliphatic carbocycles. The number of hydrogen-bond donors (Lipinski definition) is 0. The standard InChI is InChI=1S/C21H30O/c1-19(2)10-8-18-16-6-5-14-13-15(22)7-11-20(14,3)17(16)9-12-21(18,19)4/h7,11,13,16-18H,5-6,8-10,12H2,1-4H3. The first-order chi connectivity index (χ1) is 10.3. The van der Waals surface area contributed by atoms with E-state index in [9.17, 15) is 4.79 Å². The third kappa shape index (κ3) is 1.69. The number of ketones is 1. The van der Waals surface area contributed by atoms with E-state index < -0.39 is 0 Å². The zero-order chi connectivity index (χ0) is 15.8. The van der Waals surface area contributed by atoms with Gasteiger partial charge in [0.2, 0.25) is 0 Å².